The predicted molar refractivity (Wildman–Crippen MR) is 69.1 cm³/mol. The fourth-order valence-electron chi connectivity index (χ4n) is 1.76. The van der Waals surface area contributed by atoms with E-state index in [4.69, 9.17) is 4.42 Å². The van der Waals surface area contributed by atoms with E-state index in [9.17, 15) is 14.9 Å². The number of aryl methyl sites for hydroxylation is 1. The molecule has 2 aromatic heterocycles. The van der Waals surface area contributed by atoms with Gasteiger partial charge in [0.1, 0.15) is 11.2 Å². The fraction of sp³-hybridized carbons (Fsp3) is 0.0833. The van der Waals surface area contributed by atoms with Crippen molar-refractivity contribution >= 4 is 16.8 Å². The molecule has 0 N–H and O–H groups in total. The minimum atomic E-state index is -0.502. The van der Waals surface area contributed by atoms with Crippen LogP contribution in [0.5, 0.6) is 0 Å². The van der Waals surface area contributed by atoms with Gasteiger partial charge in [0.2, 0.25) is 5.89 Å². The second kappa shape index (κ2) is 4.26. The van der Waals surface area contributed by atoms with E-state index in [-0.39, 0.29) is 17.1 Å². The Hall–Kier alpha value is -3.03. The molecule has 2 heterocycles. The molecule has 0 aliphatic heterocycles. The van der Waals surface area contributed by atoms with Gasteiger partial charge in [-0.1, -0.05) is 0 Å². The molecule has 0 aliphatic carbocycles. The first-order chi connectivity index (χ1) is 9.54. The Balaban J connectivity index is 2.14. The Morgan fingerprint density at radius 1 is 1.30 bits per heavy atom. The van der Waals surface area contributed by atoms with Crippen LogP contribution in [0, 0.1) is 10.1 Å². The molecule has 0 bridgehead atoms. The maximum absolute atomic E-state index is 11.3. The standard InChI is InChI=1S/C12H8N4O4/c1-15-11(17)5-3-8(14-15)12-13-9-6-7(16(18)19)2-4-10(9)20-12/h2-6H,1H3. The Bertz CT molecular complexity index is 881. The molecular formula is C12H8N4O4. The highest BCUT2D eigenvalue weighted by Crippen LogP contribution is 2.25. The Kier molecular flexibility index (Phi) is 2.56. The molecule has 0 fully saturated rings. The van der Waals surface area contributed by atoms with Gasteiger partial charge in [-0.05, 0) is 12.1 Å². The van der Waals surface area contributed by atoms with Gasteiger partial charge in [0.05, 0.1) is 4.92 Å². The van der Waals surface area contributed by atoms with Gasteiger partial charge >= 0.3 is 0 Å². The fourth-order valence-corrected chi connectivity index (χ4v) is 1.76. The smallest absolute Gasteiger partial charge is 0.271 e. The molecule has 0 atom stereocenters. The van der Waals surface area contributed by atoms with Crippen LogP contribution < -0.4 is 5.56 Å². The first kappa shape index (κ1) is 12.0. The lowest BCUT2D eigenvalue weighted by atomic mass is 10.3. The summed E-state index contributed by atoms with van der Waals surface area (Å²) in [6.45, 7) is 0. The number of nitrogens with zero attached hydrogens (tertiary/aromatic N) is 4. The molecular weight excluding hydrogens is 264 g/mol. The first-order valence-corrected chi connectivity index (χ1v) is 5.64. The minimum absolute atomic E-state index is 0.0641. The zero-order valence-electron chi connectivity index (χ0n) is 10.3. The van der Waals surface area contributed by atoms with E-state index in [1.807, 2.05) is 0 Å². The average molecular weight is 272 g/mol. The maximum atomic E-state index is 11.3. The van der Waals surface area contributed by atoms with E-state index in [1.54, 1.807) is 0 Å². The monoisotopic (exact) mass is 272 g/mol. The predicted octanol–water partition coefficient (Wildman–Crippen LogP) is 1.50. The van der Waals surface area contributed by atoms with Gasteiger partial charge in [-0.25, -0.2) is 9.67 Å². The lowest BCUT2D eigenvalue weighted by Crippen LogP contribution is -2.18. The van der Waals surface area contributed by atoms with Gasteiger partial charge in [-0.15, -0.1) is 0 Å². The maximum Gasteiger partial charge on any atom is 0.271 e. The molecule has 3 rings (SSSR count). The van der Waals surface area contributed by atoms with Crippen molar-refractivity contribution in [1.82, 2.24) is 14.8 Å². The number of aromatic nitrogens is 3. The van der Waals surface area contributed by atoms with Crippen LogP contribution in [0.3, 0.4) is 0 Å². The van der Waals surface area contributed by atoms with Crippen molar-refractivity contribution in [2.24, 2.45) is 7.05 Å². The Labute approximate surface area is 111 Å². The molecule has 0 saturated carbocycles. The number of hydrogen-bond acceptors (Lipinski definition) is 6. The average Bonchev–Trinajstić information content (AvgIpc) is 2.84. The first-order valence-electron chi connectivity index (χ1n) is 5.64. The zero-order valence-corrected chi connectivity index (χ0v) is 10.3. The number of non-ortho nitro benzene ring substituents is 1. The lowest BCUT2D eigenvalue weighted by molar-refractivity contribution is -0.384. The van der Waals surface area contributed by atoms with Crippen LogP contribution in [-0.2, 0) is 7.05 Å². The largest absolute Gasteiger partial charge is 0.435 e. The highest BCUT2D eigenvalue weighted by molar-refractivity contribution is 5.78. The van der Waals surface area contributed by atoms with Gasteiger partial charge < -0.3 is 4.42 Å². The summed E-state index contributed by atoms with van der Waals surface area (Å²) in [6.07, 6.45) is 0. The second-order valence-electron chi connectivity index (χ2n) is 4.11. The summed E-state index contributed by atoms with van der Waals surface area (Å²) in [5.41, 5.74) is 0.850. The topological polar surface area (TPSA) is 104 Å². The molecule has 0 unspecified atom stereocenters. The number of hydrogen-bond donors (Lipinski definition) is 0. The number of benzene rings is 1. The number of fused-ring (bicyclic) bond motifs is 1. The van der Waals surface area contributed by atoms with Crippen LogP contribution in [0.4, 0.5) is 5.69 Å². The molecule has 0 spiro atoms. The van der Waals surface area contributed by atoms with Crippen molar-refractivity contribution in [3.63, 3.8) is 0 Å². The molecule has 8 heteroatoms. The highest BCUT2D eigenvalue weighted by atomic mass is 16.6. The SMILES string of the molecule is Cn1nc(-c2nc3cc([N+](=O)[O-])ccc3o2)ccc1=O. The summed E-state index contributed by atoms with van der Waals surface area (Å²) in [5, 5.41) is 14.7. The third kappa shape index (κ3) is 1.92. The minimum Gasteiger partial charge on any atom is -0.435 e. The van der Waals surface area contributed by atoms with Crippen LogP contribution in [0.1, 0.15) is 0 Å². The lowest BCUT2D eigenvalue weighted by Gasteiger charge is -1.96. The number of nitro benzene ring substituents is 1. The molecule has 1 aromatic carbocycles. The molecule has 0 saturated heterocycles. The number of oxazole rings is 1. The summed E-state index contributed by atoms with van der Waals surface area (Å²) in [5.74, 6) is 0.205. The van der Waals surface area contributed by atoms with Gasteiger partial charge in [-0.2, -0.15) is 5.10 Å². The summed E-state index contributed by atoms with van der Waals surface area (Å²) >= 11 is 0. The van der Waals surface area contributed by atoms with Crippen molar-refractivity contribution in [2.45, 2.75) is 0 Å². The molecule has 0 radical (unpaired) electrons. The van der Waals surface area contributed by atoms with Crippen molar-refractivity contribution in [3.8, 4) is 11.6 Å². The zero-order chi connectivity index (χ0) is 14.3. The Morgan fingerprint density at radius 2 is 2.10 bits per heavy atom. The molecule has 0 amide bonds. The van der Waals surface area contributed by atoms with Crippen LogP contribution in [0.25, 0.3) is 22.7 Å². The molecule has 8 nitrogen and oxygen atoms in total. The Morgan fingerprint density at radius 3 is 2.80 bits per heavy atom. The van der Waals surface area contributed by atoms with E-state index < -0.39 is 4.92 Å². The highest BCUT2D eigenvalue weighted by Gasteiger charge is 2.14. The van der Waals surface area contributed by atoms with Crippen molar-refractivity contribution < 1.29 is 9.34 Å². The van der Waals surface area contributed by atoms with E-state index in [0.29, 0.717) is 16.8 Å². The molecule has 3 aromatic rings. The molecule has 20 heavy (non-hydrogen) atoms. The quantitative estimate of drug-likeness (QED) is 0.517. The van der Waals surface area contributed by atoms with E-state index in [1.165, 1.54) is 37.4 Å². The molecule has 0 aliphatic rings. The van der Waals surface area contributed by atoms with Crippen molar-refractivity contribution in [3.05, 3.63) is 50.8 Å². The number of nitro groups is 1. The van der Waals surface area contributed by atoms with Crippen molar-refractivity contribution in [2.75, 3.05) is 0 Å². The van der Waals surface area contributed by atoms with Gasteiger partial charge in [-0.3, -0.25) is 14.9 Å². The van der Waals surface area contributed by atoms with Crippen LogP contribution >= 0.6 is 0 Å². The third-order valence-electron chi connectivity index (χ3n) is 2.76. The van der Waals surface area contributed by atoms with Crippen molar-refractivity contribution in [1.29, 1.82) is 0 Å². The number of rotatable bonds is 2. The van der Waals surface area contributed by atoms with E-state index >= 15 is 0 Å². The second-order valence-corrected chi connectivity index (χ2v) is 4.11. The van der Waals surface area contributed by atoms with Gasteiger partial charge in [0.25, 0.3) is 11.2 Å². The summed E-state index contributed by atoms with van der Waals surface area (Å²) < 4.78 is 6.63. The van der Waals surface area contributed by atoms with Crippen LogP contribution in [0.15, 0.2) is 39.5 Å². The van der Waals surface area contributed by atoms with Gasteiger partial charge in [0.15, 0.2) is 5.58 Å². The van der Waals surface area contributed by atoms with E-state index in [2.05, 4.69) is 10.1 Å². The normalized spacial score (nSPS) is 10.8. The third-order valence-corrected chi connectivity index (χ3v) is 2.76. The molecule has 100 valence electrons. The van der Waals surface area contributed by atoms with E-state index in [0.717, 1.165) is 4.68 Å². The summed E-state index contributed by atoms with van der Waals surface area (Å²) in [7, 11) is 1.51. The van der Waals surface area contributed by atoms with Crippen LogP contribution in [0.2, 0.25) is 0 Å². The summed E-state index contributed by atoms with van der Waals surface area (Å²) in [4.78, 5) is 25.6. The summed E-state index contributed by atoms with van der Waals surface area (Å²) in [6, 6.07) is 6.98. The van der Waals surface area contributed by atoms with Gasteiger partial charge in [0, 0.05) is 25.2 Å². The van der Waals surface area contributed by atoms with Crippen LogP contribution in [-0.4, -0.2) is 19.7 Å².